The first-order valence-electron chi connectivity index (χ1n) is 9.83. The summed E-state index contributed by atoms with van der Waals surface area (Å²) in [4.78, 5) is 9.26. The summed E-state index contributed by atoms with van der Waals surface area (Å²) in [6.45, 7) is 0.623. The van der Waals surface area contributed by atoms with E-state index in [9.17, 15) is 5.11 Å². The van der Waals surface area contributed by atoms with Crippen LogP contribution in [0, 0.1) is 0 Å². The molecule has 0 saturated heterocycles. The van der Waals surface area contributed by atoms with Gasteiger partial charge in [-0.05, 0) is 42.7 Å². The minimum Gasteiger partial charge on any atom is -0.508 e. The van der Waals surface area contributed by atoms with Gasteiger partial charge in [0.2, 0.25) is 0 Å². The van der Waals surface area contributed by atoms with Crippen molar-refractivity contribution in [3.8, 4) is 16.9 Å². The van der Waals surface area contributed by atoms with Crippen LogP contribution in [0.15, 0.2) is 65.4 Å². The quantitative estimate of drug-likeness (QED) is 0.832. The third-order valence-electron chi connectivity index (χ3n) is 5.69. The van der Waals surface area contributed by atoms with E-state index in [0.717, 1.165) is 16.8 Å². The lowest BCUT2D eigenvalue weighted by Gasteiger charge is -2.40. The second-order valence-electron chi connectivity index (χ2n) is 7.39. The SMILES string of the molecule is CN(C1=CC=NCN1c1ccccc1-c1ccc(O)cc1)C1CCCCC1. The maximum absolute atomic E-state index is 9.64. The number of rotatable bonds is 4. The van der Waals surface area contributed by atoms with Gasteiger partial charge in [-0.15, -0.1) is 0 Å². The van der Waals surface area contributed by atoms with Crippen LogP contribution in [0.5, 0.6) is 5.75 Å². The summed E-state index contributed by atoms with van der Waals surface area (Å²) in [6.07, 6.45) is 10.6. The Morgan fingerprint density at radius 1 is 1.00 bits per heavy atom. The molecule has 2 aromatic rings. The summed E-state index contributed by atoms with van der Waals surface area (Å²) in [7, 11) is 2.22. The molecule has 1 fully saturated rings. The zero-order valence-electron chi connectivity index (χ0n) is 15.9. The lowest BCUT2D eigenvalue weighted by molar-refractivity contribution is 0.231. The highest BCUT2D eigenvalue weighted by atomic mass is 16.3. The van der Waals surface area contributed by atoms with Crippen LogP contribution in [0.3, 0.4) is 0 Å². The van der Waals surface area contributed by atoms with E-state index in [1.807, 2.05) is 18.3 Å². The molecule has 2 aromatic carbocycles. The Hall–Kier alpha value is -2.75. The lowest BCUT2D eigenvalue weighted by atomic mass is 9.94. The van der Waals surface area contributed by atoms with E-state index in [1.54, 1.807) is 12.1 Å². The Morgan fingerprint density at radius 3 is 2.52 bits per heavy atom. The second-order valence-corrected chi connectivity index (χ2v) is 7.39. The molecule has 0 atom stereocenters. The number of anilines is 1. The van der Waals surface area contributed by atoms with Crippen LogP contribution in [0.25, 0.3) is 11.1 Å². The molecule has 0 bridgehead atoms. The molecule has 27 heavy (non-hydrogen) atoms. The van der Waals surface area contributed by atoms with Gasteiger partial charge >= 0.3 is 0 Å². The molecule has 0 aromatic heterocycles. The first kappa shape index (κ1) is 17.7. The number of aliphatic imine (C=N–C) groups is 1. The van der Waals surface area contributed by atoms with E-state index in [2.05, 4.69) is 52.2 Å². The molecule has 0 unspecified atom stereocenters. The highest BCUT2D eigenvalue weighted by molar-refractivity contribution is 5.83. The number of nitrogens with zero attached hydrogens (tertiary/aromatic N) is 3. The minimum absolute atomic E-state index is 0.288. The third kappa shape index (κ3) is 3.70. The van der Waals surface area contributed by atoms with Crippen molar-refractivity contribution in [3.63, 3.8) is 0 Å². The summed E-state index contributed by atoms with van der Waals surface area (Å²) in [5.41, 5.74) is 3.39. The number of hydrogen-bond acceptors (Lipinski definition) is 4. The first-order valence-corrected chi connectivity index (χ1v) is 9.83. The molecule has 1 N–H and O–H groups in total. The van der Waals surface area contributed by atoms with Gasteiger partial charge in [-0.1, -0.05) is 49.6 Å². The molecule has 1 saturated carbocycles. The number of phenolic OH excluding ortho intramolecular Hbond substituents is 1. The van der Waals surface area contributed by atoms with Gasteiger partial charge in [0.25, 0.3) is 0 Å². The van der Waals surface area contributed by atoms with Gasteiger partial charge in [-0.25, -0.2) is 0 Å². The highest BCUT2D eigenvalue weighted by Crippen LogP contribution is 2.36. The first-order chi connectivity index (χ1) is 13.2. The Kier molecular flexibility index (Phi) is 5.14. The standard InChI is InChI=1S/C23H27N3O/c1-25(19-7-3-2-4-8-19)23-15-16-24-17-26(23)22-10-6-5-9-21(22)18-11-13-20(27)14-12-18/h5-6,9-16,19,27H,2-4,7-8,17H2,1H3. The van der Waals surface area contributed by atoms with E-state index >= 15 is 0 Å². The molecular weight excluding hydrogens is 334 g/mol. The largest absolute Gasteiger partial charge is 0.508 e. The van der Waals surface area contributed by atoms with E-state index in [-0.39, 0.29) is 5.75 Å². The predicted molar refractivity (Wildman–Crippen MR) is 112 cm³/mol. The van der Waals surface area contributed by atoms with Crippen molar-refractivity contribution < 1.29 is 5.11 Å². The van der Waals surface area contributed by atoms with E-state index < -0.39 is 0 Å². The summed E-state index contributed by atoms with van der Waals surface area (Å²) in [5.74, 6) is 1.50. The monoisotopic (exact) mass is 361 g/mol. The average molecular weight is 361 g/mol. The van der Waals surface area contributed by atoms with E-state index in [1.165, 1.54) is 37.9 Å². The molecule has 1 aliphatic carbocycles. The molecule has 4 rings (SSSR count). The average Bonchev–Trinajstić information content (AvgIpc) is 2.74. The molecule has 0 spiro atoms. The van der Waals surface area contributed by atoms with Crippen LogP contribution in [0.4, 0.5) is 5.69 Å². The Labute approximate surface area is 161 Å². The molecule has 4 heteroatoms. The zero-order chi connectivity index (χ0) is 18.6. The number of hydrogen-bond donors (Lipinski definition) is 1. The van der Waals surface area contributed by atoms with Crippen molar-refractivity contribution in [2.24, 2.45) is 4.99 Å². The maximum atomic E-state index is 9.64. The van der Waals surface area contributed by atoms with Crippen LogP contribution >= 0.6 is 0 Å². The minimum atomic E-state index is 0.288. The van der Waals surface area contributed by atoms with Crippen molar-refractivity contribution in [1.82, 2.24) is 4.90 Å². The van der Waals surface area contributed by atoms with Crippen LogP contribution in [0.1, 0.15) is 32.1 Å². The van der Waals surface area contributed by atoms with Gasteiger partial charge in [0.15, 0.2) is 0 Å². The summed E-state index contributed by atoms with van der Waals surface area (Å²) in [5, 5.41) is 9.64. The number of aromatic hydroxyl groups is 1. The number of allylic oxidation sites excluding steroid dienone is 1. The number of phenols is 1. The number of para-hydroxylation sites is 1. The smallest absolute Gasteiger partial charge is 0.116 e. The van der Waals surface area contributed by atoms with Crippen molar-refractivity contribution in [2.45, 2.75) is 38.1 Å². The predicted octanol–water partition coefficient (Wildman–Crippen LogP) is 5.01. The third-order valence-corrected chi connectivity index (χ3v) is 5.69. The Bertz CT molecular complexity index is 835. The van der Waals surface area contributed by atoms with Crippen molar-refractivity contribution in [2.75, 3.05) is 18.6 Å². The van der Waals surface area contributed by atoms with Gasteiger partial charge in [0.1, 0.15) is 18.2 Å². The Morgan fingerprint density at radius 2 is 1.74 bits per heavy atom. The normalized spacial score (nSPS) is 17.7. The Balaban J connectivity index is 1.68. The zero-order valence-corrected chi connectivity index (χ0v) is 15.9. The fraction of sp³-hybridized carbons (Fsp3) is 0.348. The molecule has 140 valence electrons. The molecule has 0 radical (unpaired) electrons. The lowest BCUT2D eigenvalue weighted by Crippen LogP contribution is -2.41. The van der Waals surface area contributed by atoms with Crippen molar-refractivity contribution in [3.05, 3.63) is 60.4 Å². The number of benzene rings is 2. The molecular formula is C23H27N3O. The fourth-order valence-electron chi connectivity index (χ4n) is 4.17. The van der Waals surface area contributed by atoms with Crippen LogP contribution < -0.4 is 4.90 Å². The van der Waals surface area contributed by atoms with Gasteiger partial charge in [-0.3, -0.25) is 4.99 Å². The maximum Gasteiger partial charge on any atom is 0.116 e. The molecule has 2 aliphatic rings. The molecule has 1 heterocycles. The van der Waals surface area contributed by atoms with E-state index in [4.69, 9.17) is 0 Å². The van der Waals surface area contributed by atoms with Gasteiger partial charge in [-0.2, -0.15) is 0 Å². The summed E-state index contributed by atoms with van der Waals surface area (Å²) < 4.78 is 0. The second kappa shape index (κ2) is 7.87. The highest BCUT2D eigenvalue weighted by Gasteiger charge is 2.26. The summed E-state index contributed by atoms with van der Waals surface area (Å²) in [6, 6.07) is 16.5. The molecule has 4 nitrogen and oxygen atoms in total. The van der Waals surface area contributed by atoms with Crippen molar-refractivity contribution >= 4 is 11.9 Å². The van der Waals surface area contributed by atoms with E-state index in [0.29, 0.717) is 12.7 Å². The van der Waals surface area contributed by atoms with Crippen LogP contribution in [0.2, 0.25) is 0 Å². The topological polar surface area (TPSA) is 39.1 Å². The fourth-order valence-corrected chi connectivity index (χ4v) is 4.17. The molecule has 0 amide bonds. The summed E-state index contributed by atoms with van der Waals surface area (Å²) >= 11 is 0. The van der Waals surface area contributed by atoms with Crippen LogP contribution in [-0.4, -0.2) is 36.0 Å². The van der Waals surface area contributed by atoms with Gasteiger partial charge in [0.05, 0.1) is 5.69 Å². The van der Waals surface area contributed by atoms with Gasteiger partial charge in [0, 0.05) is 24.9 Å². The van der Waals surface area contributed by atoms with Gasteiger partial charge < -0.3 is 14.9 Å². The molecule has 1 aliphatic heterocycles. The van der Waals surface area contributed by atoms with Crippen molar-refractivity contribution in [1.29, 1.82) is 0 Å². The van der Waals surface area contributed by atoms with Crippen LogP contribution in [-0.2, 0) is 0 Å².